The van der Waals surface area contributed by atoms with E-state index in [0.717, 1.165) is 89.9 Å². The van der Waals surface area contributed by atoms with Crippen molar-refractivity contribution in [1.29, 1.82) is 0 Å². The molecule has 0 aromatic heterocycles. The summed E-state index contributed by atoms with van der Waals surface area (Å²) >= 11 is 0. The molecular formula is C52H92NO8P. The fraction of sp³-hybridized carbons (Fsp3) is 0.731. The number of unbranched alkanes of at least 4 members (excludes halogenated alkanes) is 18. The maximum absolute atomic E-state index is 12.7. The van der Waals surface area contributed by atoms with Crippen LogP contribution in [0.25, 0.3) is 0 Å². The molecular weight excluding hydrogens is 798 g/mol. The third-order valence-electron chi connectivity index (χ3n) is 10.2. The molecule has 0 amide bonds. The lowest BCUT2D eigenvalue weighted by atomic mass is 10.1. The van der Waals surface area contributed by atoms with Crippen LogP contribution in [0.5, 0.6) is 0 Å². The van der Waals surface area contributed by atoms with Gasteiger partial charge in [0.15, 0.2) is 6.10 Å². The van der Waals surface area contributed by atoms with E-state index < -0.39 is 32.5 Å². The number of likely N-dealkylation sites (N-methyl/N-ethyl adjacent to an activating group) is 1. The zero-order valence-electron chi connectivity index (χ0n) is 40.3. The smallest absolute Gasteiger partial charge is 0.306 e. The van der Waals surface area contributed by atoms with Gasteiger partial charge in [-0.2, -0.15) is 0 Å². The first kappa shape index (κ1) is 59.5. The number of quaternary nitrogens is 1. The second kappa shape index (κ2) is 43.7. The Hall–Kier alpha value is -2.55. The van der Waals surface area contributed by atoms with Crippen LogP contribution in [0, 0.1) is 0 Å². The standard InChI is InChI=1S/C52H92NO8P/c1-6-8-10-12-14-16-18-20-22-23-24-25-26-27-28-29-31-33-35-37-39-41-43-45-52(55)61-50(49-60-62(56,57)59-47-46-53(3,4)5)48-58-51(54)44-42-40-38-36-34-32-30-21-19-17-15-13-11-9-7-2/h9,11,15,17-18,20-21,23-24,26-27,30,50H,6-8,10,12-14,16,19,22,25,28-29,31-49H2,1-5H3/b11-9-,17-15-,20-18-,24-23-,27-26-,30-21-. The zero-order chi connectivity index (χ0) is 45.7. The molecule has 0 aliphatic heterocycles. The minimum atomic E-state index is -4.64. The highest BCUT2D eigenvalue weighted by Gasteiger charge is 2.21. The van der Waals surface area contributed by atoms with Gasteiger partial charge in [0, 0.05) is 12.8 Å². The van der Waals surface area contributed by atoms with Gasteiger partial charge in [-0.15, -0.1) is 0 Å². The number of carbonyl (C=O) groups excluding carboxylic acids is 2. The van der Waals surface area contributed by atoms with Gasteiger partial charge >= 0.3 is 11.9 Å². The Labute approximate surface area is 380 Å². The number of rotatable bonds is 44. The predicted molar refractivity (Wildman–Crippen MR) is 259 cm³/mol. The van der Waals surface area contributed by atoms with Crippen molar-refractivity contribution in [3.8, 4) is 0 Å². The molecule has 0 heterocycles. The van der Waals surface area contributed by atoms with E-state index in [1.165, 1.54) is 64.2 Å². The second-order valence-corrected chi connectivity index (χ2v) is 18.9. The first-order chi connectivity index (χ1) is 30.0. The van der Waals surface area contributed by atoms with Crippen LogP contribution in [-0.2, 0) is 32.7 Å². The van der Waals surface area contributed by atoms with Gasteiger partial charge in [-0.05, 0) is 83.5 Å². The monoisotopic (exact) mass is 890 g/mol. The Morgan fingerprint density at radius 1 is 0.516 bits per heavy atom. The molecule has 0 aromatic carbocycles. The van der Waals surface area contributed by atoms with Crippen molar-refractivity contribution in [1.82, 2.24) is 0 Å². The summed E-state index contributed by atoms with van der Waals surface area (Å²) in [5.74, 6) is -0.866. The van der Waals surface area contributed by atoms with E-state index in [1.54, 1.807) is 0 Å². The maximum atomic E-state index is 12.7. The fourth-order valence-electron chi connectivity index (χ4n) is 6.38. The summed E-state index contributed by atoms with van der Waals surface area (Å²) in [6.07, 6.45) is 55.0. The molecule has 0 radical (unpaired) electrons. The number of hydrogen-bond donors (Lipinski definition) is 0. The van der Waals surface area contributed by atoms with E-state index in [2.05, 4.69) is 86.8 Å². The molecule has 0 saturated heterocycles. The summed E-state index contributed by atoms with van der Waals surface area (Å²) in [4.78, 5) is 37.7. The molecule has 0 rings (SSSR count). The number of phosphoric acid groups is 1. The lowest BCUT2D eigenvalue weighted by Crippen LogP contribution is -2.37. The van der Waals surface area contributed by atoms with E-state index in [1.807, 2.05) is 21.1 Å². The molecule has 2 unspecified atom stereocenters. The number of hydrogen-bond acceptors (Lipinski definition) is 8. The van der Waals surface area contributed by atoms with Gasteiger partial charge in [-0.25, -0.2) is 0 Å². The van der Waals surface area contributed by atoms with Crippen LogP contribution in [0.3, 0.4) is 0 Å². The van der Waals surface area contributed by atoms with Crippen molar-refractivity contribution in [2.45, 2.75) is 200 Å². The first-order valence-corrected chi connectivity index (χ1v) is 26.1. The van der Waals surface area contributed by atoms with Gasteiger partial charge in [0.2, 0.25) is 0 Å². The highest BCUT2D eigenvalue weighted by Crippen LogP contribution is 2.38. The minimum Gasteiger partial charge on any atom is -0.756 e. The second-order valence-electron chi connectivity index (χ2n) is 17.4. The lowest BCUT2D eigenvalue weighted by Gasteiger charge is -2.28. The van der Waals surface area contributed by atoms with Crippen molar-refractivity contribution >= 4 is 19.8 Å². The van der Waals surface area contributed by atoms with E-state index >= 15 is 0 Å². The van der Waals surface area contributed by atoms with Gasteiger partial charge < -0.3 is 27.9 Å². The summed E-state index contributed by atoms with van der Waals surface area (Å²) in [7, 11) is 1.14. The first-order valence-electron chi connectivity index (χ1n) is 24.6. The average molecular weight is 890 g/mol. The van der Waals surface area contributed by atoms with Gasteiger partial charge in [-0.3, -0.25) is 14.2 Å². The SMILES string of the molecule is CC/C=C\C/C=C\C/C=C\CCCCCCCC(=O)OCC(COP(=O)([O-])OCC[N+](C)(C)C)OC(=O)CCCCCCCCCC/C=C\C/C=C\C/C=C\CCCCCCC. The van der Waals surface area contributed by atoms with E-state index in [4.69, 9.17) is 18.5 Å². The summed E-state index contributed by atoms with van der Waals surface area (Å²) in [5.41, 5.74) is 0. The van der Waals surface area contributed by atoms with Crippen LogP contribution < -0.4 is 4.89 Å². The summed E-state index contributed by atoms with van der Waals surface area (Å²) in [6.45, 7) is 4.07. The molecule has 10 heteroatoms. The Bertz CT molecular complexity index is 1280. The number of allylic oxidation sites excluding steroid dienone is 12. The maximum Gasteiger partial charge on any atom is 0.306 e. The van der Waals surface area contributed by atoms with E-state index in [-0.39, 0.29) is 26.1 Å². The third-order valence-corrected chi connectivity index (χ3v) is 11.2. The quantitative estimate of drug-likeness (QED) is 0.0195. The number of carbonyl (C=O) groups is 2. The van der Waals surface area contributed by atoms with Gasteiger partial charge in [0.1, 0.15) is 19.8 Å². The van der Waals surface area contributed by atoms with Gasteiger partial charge in [-0.1, -0.05) is 170 Å². The summed E-state index contributed by atoms with van der Waals surface area (Å²) in [6, 6.07) is 0. The molecule has 0 fully saturated rings. The van der Waals surface area contributed by atoms with Crippen molar-refractivity contribution in [2.75, 3.05) is 47.5 Å². The molecule has 358 valence electrons. The molecule has 0 aromatic rings. The molecule has 62 heavy (non-hydrogen) atoms. The highest BCUT2D eigenvalue weighted by molar-refractivity contribution is 7.45. The Morgan fingerprint density at radius 2 is 0.919 bits per heavy atom. The van der Waals surface area contributed by atoms with Crippen molar-refractivity contribution in [3.63, 3.8) is 0 Å². The van der Waals surface area contributed by atoms with Crippen molar-refractivity contribution in [3.05, 3.63) is 72.9 Å². The topological polar surface area (TPSA) is 111 Å². The van der Waals surface area contributed by atoms with Crippen LogP contribution >= 0.6 is 7.82 Å². The van der Waals surface area contributed by atoms with E-state index in [9.17, 15) is 19.0 Å². The van der Waals surface area contributed by atoms with Crippen LogP contribution in [-0.4, -0.2) is 70.0 Å². The molecule has 9 nitrogen and oxygen atoms in total. The molecule has 0 bridgehead atoms. The Balaban J connectivity index is 4.31. The van der Waals surface area contributed by atoms with E-state index in [0.29, 0.717) is 23.9 Å². The number of ether oxygens (including phenoxy) is 2. The normalized spacial score (nSPS) is 14.1. The predicted octanol–water partition coefficient (Wildman–Crippen LogP) is 13.9. The molecule has 0 spiro atoms. The van der Waals surface area contributed by atoms with Crippen LogP contribution in [0.15, 0.2) is 72.9 Å². The lowest BCUT2D eigenvalue weighted by molar-refractivity contribution is -0.870. The fourth-order valence-corrected chi connectivity index (χ4v) is 7.11. The van der Waals surface area contributed by atoms with Gasteiger partial charge in [0.05, 0.1) is 27.7 Å². The number of phosphoric ester groups is 1. The highest BCUT2D eigenvalue weighted by atomic mass is 31.2. The average Bonchev–Trinajstić information content (AvgIpc) is 3.23. The Kier molecular flexibility index (Phi) is 41.9. The molecule has 2 atom stereocenters. The van der Waals surface area contributed by atoms with Crippen molar-refractivity contribution < 1.29 is 42.1 Å². The number of nitrogens with zero attached hydrogens (tertiary/aromatic N) is 1. The molecule has 0 saturated carbocycles. The molecule has 0 aliphatic rings. The molecule has 0 aliphatic carbocycles. The van der Waals surface area contributed by atoms with Crippen LogP contribution in [0.2, 0.25) is 0 Å². The van der Waals surface area contributed by atoms with Gasteiger partial charge in [0.25, 0.3) is 7.82 Å². The van der Waals surface area contributed by atoms with Crippen LogP contribution in [0.4, 0.5) is 0 Å². The van der Waals surface area contributed by atoms with Crippen LogP contribution in [0.1, 0.15) is 194 Å². The minimum absolute atomic E-state index is 0.0389. The third kappa shape index (κ3) is 46.9. The Morgan fingerprint density at radius 3 is 1.37 bits per heavy atom. The number of esters is 2. The van der Waals surface area contributed by atoms with Crippen molar-refractivity contribution in [2.24, 2.45) is 0 Å². The zero-order valence-corrected chi connectivity index (χ0v) is 41.2. The largest absolute Gasteiger partial charge is 0.756 e. The summed E-state index contributed by atoms with van der Waals surface area (Å²) < 4.78 is 34.0. The molecule has 0 N–H and O–H groups in total. The summed E-state index contributed by atoms with van der Waals surface area (Å²) in [5, 5.41) is 0.